The summed E-state index contributed by atoms with van der Waals surface area (Å²) in [5.74, 6) is 0.751. The first kappa shape index (κ1) is 16.5. The van der Waals surface area contributed by atoms with Crippen molar-refractivity contribution in [1.82, 2.24) is 15.2 Å². The topological polar surface area (TPSA) is 40.6 Å². The van der Waals surface area contributed by atoms with Gasteiger partial charge in [-0.2, -0.15) is 4.98 Å². The Kier molecular flexibility index (Phi) is 5.46. The summed E-state index contributed by atoms with van der Waals surface area (Å²) in [5.41, 5.74) is 0.322. The fourth-order valence-electron chi connectivity index (χ4n) is 3.01. The van der Waals surface area contributed by atoms with Crippen molar-refractivity contribution in [3.63, 3.8) is 0 Å². The summed E-state index contributed by atoms with van der Waals surface area (Å²) >= 11 is 1.70. The van der Waals surface area contributed by atoms with Crippen LogP contribution in [0.1, 0.15) is 30.6 Å². The maximum Gasteiger partial charge on any atom is 0.230 e. The largest absolute Gasteiger partial charge is 0.480 e. The lowest BCUT2D eigenvalue weighted by Crippen LogP contribution is -2.49. The normalized spacial score (nSPS) is 17.4. The van der Waals surface area contributed by atoms with E-state index in [4.69, 9.17) is 4.74 Å². The number of hydrogen-bond donors (Lipinski definition) is 1. The minimum atomic E-state index is 0.322. The van der Waals surface area contributed by atoms with Crippen molar-refractivity contribution in [3.8, 4) is 5.88 Å². The minimum absolute atomic E-state index is 0.322. The lowest BCUT2D eigenvalue weighted by molar-refractivity contribution is 0.153. The molecule has 2 rings (SSSR count). The molecule has 21 heavy (non-hydrogen) atoms. The van der Waals surface area contributed by atoms with Crippen molar-refractivity contribution in [1.29, 1.82) is 0 Å². The third kappa shape index (κ3) is 3.67. The third-order valence-electron chi connectivity index (χ3n) is 4.45. The lowest BCUT2D eigenvalue weighted by Gasteiger charge is -2.36. The van der Waals surface area contributed by atoms with Gasteiger partial charge in [-0.25, -0.2) is 0 Å². The van der Waals surface area contributed by atoms with Crippen molar-refractivity contribution < 1.29 is 4.74 Å². The highest BCUT2D eigenvalue weighted by Crippen LogP contribution is 2.34. The molecule has 120 valence electrons. The number of nitrogens with one attached hydrogen (secondary N) is 1. The van der Waals surface area contributed by atoms with E-state index >= 15 is 0 Å². The smallest absolute Gasteiger partial charge is 0.230 e. The molecule has 0 atom stereocenters. The minimum Gasteiger partial charge on any atom is -0.480 e. The van der Waals surface area contributed by atoms with Crippen LogP contribution in [0.4, 0.5) is 5.13 Å². The van der Waals surface area contributed by atoms with E-state index in [0.717, 1.165) is 24.1 Å². The van der Waals surface area contributed by atoms with Gasteiger partial charge in [0.05, 0.1) is 12.0 Å². The van der Waals surface area contributed by atoms with E-state index < -0.39 is 0 Å². The van der Waals surface area contributed by atoms with E-state index in [0.29, 0.717) is 5.54 Å². The number of thiazole rings is 1. The summed E-state index contributed by atoms with van der Waals surface area (Å²) in [6, 6.07) is 0. The Balaban J connectivity index is 1.96. The number of aromatic nitrogens is 1. The molecule has 5 nitrogen and oxygen atoms in total. The van der Waals surface area contributed by atoms with E-state index in [1.807, 2.05) is 19.0 Å². The van der Waals surface area contributed by atoms with Gasteiger partial charge in [-0.15, -0.1) is 0 Å². The first-order valence-corrected chi connectivity index (χ1v) is 8.39. The summed E-state index contributed by atoms with van der Waals surface area (Å²) in [7, 11) is 10.1. The fraction of sp³-hybridized carbons (Fsp3) is 0.800. The summed E-state index contributed by atoms with van der Waals surface area (Å²) in [5, 5.41) is 4.62. The predicted molar refractivity (Wildman–Crippen MR) is 89.6 cm³/mol. The van der Waals surface area contributed by atoms with Crippen molar-refractivity contribution >= 4 is 16.5 Å². The van der Waals surface area contributed by atoms with E-state index in [2.05, 4.69) is 29.3 Å². The van der Waals surface area contributed by atoms with E-state index in [-0.39, 0.29) is 0 Å². The van der Waals surface area contributed by atoms with E-state index in [9.17, 15) is 0 Å². The first-order chi connectivity index (χ1) is 9.98. The van der Waals surface area contributed by atoms with Gasteiger partial charge in [-0.05, 0) is 26.9 Å². The summed E-state index contributed by atoms with van der Waals surface area (Å²) in [6.45, 7) is 1.85. The highest BCUT2D eigenvalue weighted by atomic mass is 32.1. The van der Waals surface area contributed by atoms with E-state index in [1.54, 1.807) is 18.4 Å². The van der Waals surface area contributed by atoms with Crippen molar-refractivity contribution in [2.75, 3.05) is 46.7 Å². The number of rotatable bonds is 7. The number of nitrogens with zero attached hydrogens (tertiary/aromatic N) is 3. The standard InChI is InChI=1S/C15H28N4OS/c1-18(2)14-17-13(20-5)12(21-14)10-16-11-15(19(3)4)8-6-7-9-15/h16H,6-11H2,1-5H3. The van der Waals surface area contributed by atoms with Crippen LogP contribution in [0.25, 0.3) is 0 Å². The Morgan fingerprint density at radius 3 is 2.43 bits per heavy atom. The van der Waals surface area contributed by atoms with Gasteiger partial charge in [0.2, 0.25) is 5.88 Å². The van der Waals surface area contributed by atoms with Gasteiger partial charge in [0.1, 0.15) is 0 Å². The second kappa shape index (κ2) is 6.94. The van der Waals surface area contributed by atoms with Crippen LogP contribution in [0.2, 0.25) is 0 Å². The molecule has 6 heteroatoms. The fourth-order valence-corrected chi connectivity index (χ4v) is 3.93. The maximum atomic E-state index is 5.39. The highest BCUT2D eigenvalue weighted by molar-refractivity contribution is 7.15. The van der Waals surface area contributed by atoms with Crippen LogP contribution in [0.5, 0.6) is 5.88 Å². The van der Waals surface area contributed by atoms with Crippen LogP contribution in [0, 0.1) is 0 Å². The van der Waals surface area contributed by atoms with Gasteiger partial charge >= 0.3 is 0 Å². The molecule has 0 spiro atoms. The molecule has 1 aromatic heterocycles. The molecular weight excluding hydrogens is 284 g/mol. The molecule has 1 fully saturated rings. The van der Waals surface area contributed by atoms with E-state index in [1.165, 1.54) is 30.6 Å². The SMILES string of the molecule is COc1nc(N(C)C)sc1CNCC1(N(C)C)CCCC1. The highest BCUT2D eigenvalue weighted by Gasteiger charge is 2.35. The zero-order chi connectivity index (χ0) is 15.5. The molecule has 0 unspecified atom stereocenters. The molecule has 1 saturated carbocycles. The number of ether oxygens (including phenoxy) is 1. The molecule has 1 aliphatic carbocycles. The van der Waals surface area contributed by atoms with Gasteiger partial charge in [0, 0.05) is 32.7 Å². The molecule has 1 N–H and O–H groups in total. The molecule has 0 amide bonds. The molecule has 1 aromatic rings. The zero-order valence-electron chi connectivity index (χ0n) is 13.9. The van der Waals surface area contributed by atoms with Gasteiger partial charge in [-0.1, -0.05) is 24.2 Å². The Morgan fingerprint density at radius 2 is 1.90 bits per heavy atom. The maximum absolute atomic E-state index is 5.39. The van der Waals surface area contributed by atoms with Crippen molar-refractivity contribution in [2.24, 2.45) is 0 Å². The Bertz CT molecular complexity index is 453. The van der Waals surface area contributed by atoms with Gasteiger partial charge in [0.25, 0.3) is 0 Å². The quantitative estimate of drug-likeness (QED) is 0.836. The molecule has 1 heterocycles. The number of methoxy groups -OCH3 is 1. The second-order valence-corrected chi connectivity index (χ2v) is 7.31. The van der Waals surface area contributed by atoms with Crippen LogP contribution >= 0.6 is 11.3 Å². The monoisotopic (exact) mass is 312 g/mol. The van der Waals surface area contributed by atoms with Crippen LogP contribution in [0.3, 0.4) is 0 Å². The van der Waals surface area contributed by atoms with Crippen molar-refractivity contribution in [2.45, 2.75) is 37.8 Å². The predicted octanol–water partition coefficient (Wildman–Crippen LogP) is 2.18. The Morgan fingerprint density at radius 1 is 1.24 bits per heavy atom. The lowest BCUT2D eigenvalue weighted by atomic mass is 9.96. The Labute approximate surface area is 132 Å². The van der Waals surface area contributed by atoms with Crippen LogP contribution in [-0.4, -0.2) is 57.3 Å². The second-order valence-electron chi connectivity index (χ2n) is 6.25. The summed E-state index contributed by atoms with van der Waals surface area (Å²) < 4.78 is 5.39. The zero-order valence-corrected chi connectivity index (χ0v) is 14.7. The average Bonchev–Trinajstić information content (AvgIpc) is 3.06. The number of likely N-dealkylation sites (N-methyl/N-ethyl adjacent to an activating group) is 1. The number of hydrogen-bond acceptors (Lipinski definition) is 6. The molecule has 0 bridgehead atoms. The van der Waals surface area contributed by atoms with Crippen LogP contribution < -0.4 is 15.0 Å². The van der Waals surface area contributed by atoms with Crippen molar-refractivity contribution in [3.05, 3.63) is 4.88 Å². The van der Waals surface area contributed by atoms with Crippen LogP contribution in [0.15, 0.2) is 0 Å². The number of anilines is 1. The molecule has 0 aliphatic heterocycles. The third-order valence-corrected chi connectivity index (χ3v) is 5.65. The molecular formula is C15H28N4OS. The summed E-state index contributed by atoms with van der Waals surface area (Å²) in [6.07, 6.45) is 5.26. The molecule has 1 aliphatic rings. The summed E-state index contributed by atoms with van der Waals surface area (Å²) in [4.78, 5) is 10.1. The molecule has 0 saturated heterocycles. The first-order valence-electron chi connectivity index (χ1n) is 7.58. The van der Waals surface area contributed by atoms with Gasteiger partial charge < -0.3 is 19.9 Å². The molecule has 0 radical (unpaired) electrons. The van der Waals surface area contributed by atoms with Gasteiger partial charge in [-0.3, -0.25) is 0 Å². The van der Waals surface area contributed by atoms with Gasteiger partial charge in [0.15, 0.2) is 5.13 Å². The Hall–Kier alpha value is -0.850. The van der Waals surface area contributed by atoms with Crippen LogP contribution in [-0.2, 0) is 6.54 Å². The average molecular weight is 312 g/mol. The molecule has 0 aromatic carbocycles.